The van der Waals surface area contributed by atoms with E-state index >= 15 is 0 Å². The summed E-state index contributed by atoms with van der Waals surface area (Å²) >= 11 is 1.72. The molecule has 20 heavy (non-hydrogen) atoms. The number of aryl methyl sites for hydroxylation is 1. The van der Waals surface area contributed by atoms with E-state index in [1.807, 2.05) is 24.6 Å². The number of nitrogens with zero attached hydrogens (tertiary/aromatic N) is 4. The third-order valence-electron chi connectivity index (χ3n) is 2.83. The number of hydrogen-bond donors (Lipinski definition) is 2. The molecule has 0 amide bonds. The second-order valence-electron chi connectivity index (χ2n) is 4.08. The number of aromatic nitrogens is 3. The molecule has 2 aromatic rings. The van der Waals surface area contributed by atoms with Gasteiger partial charge in [0.2, 0.25) is 0 Å². The monoisotopic (exact) mass is 406 g/mol. The summed E-state index contributed by atoms with van der Waals surface area (Å²) in [6.45, 7) is 3.30. The predicted octanol–water partition coefficient (Wildman–Crippen LogP) is 1.67. The van der Waals surface area contributed by atoms with Crippen LogP contribution in [-0.4, -0.2) is 27.8 Å². The molecular weight excluding hydrogens is 387 g/mol. The van der Waals surface area contributed by atoms with Crippen molar-refractivity contribution in [1.29, 1.82) is 0 Å². The van der Waals surface area contributed by atoms with E-state index in [0.29, 0.717) is 6.54 Å². The Hall–Kier alpha value is -1.16. The van der Waals surface area contributed by atoms with Gasteiger partial charge in [-0.25, -0.2) is 0 Å². The smallest absolute Gasteiger partial charge is 0.191 e. The maximum Gasteiger partial charge on any atom is 0.191 e. The summed E-state index contributed by atoms with van der Waals surface area (Å²) in [5.74, 6) is 2.55. The number of aliphatic imine (C=N–C) groups is 1. The zero-order valence-corrected chi connectivity index (χ0v) is 14.9. The molecule has 2 N–H and O–H groups in total. The predicted molar refractivity (Wildman–Crippen MR) is 92.5 cm³/mol. The van der Waals surface area contributed by atoms with Crippen LogP contribution in [0.4, 0.5) is 0 Å². The molecular formula is C12H19IN6S. The summed E-state index contributed by atoms with van der Waals surface area (Å²) in [7, 11) is 3.71. The molecule has 0 aliphatic heterocycles. The topological polar surface area (TPSA) is 67.1 Å². The maximum absolute atomic E-state index is 4.18. The van der Waals surface area contributed by atoms with Gasteiger partial charge in [0.15, 0.2) is 11.8 Å². The van der Waals surface area contributed by atoms with E-state index in [-0.39, 0.29) is 24.0 Å². The van der Waals surface area contributed by atoms with Gasteiger partial charge in [-0.05, 0) is 18.4 Å². The standard InChI is InChI=1S/C12H18N6S.HI/c1-9-16-17-11(18(9)3)8-15-12(13-2)14-7-10-5-4-6-19-10;/h4-6H,7-8H2,1-3H3,(H2,13,14,15);1H. The Balaban J connectivity index is 0.00000200. The van der Waals surface area contributed by atoms with Gasteiger partial charge in [0.1, 0.15) is 5.82 Å². The summed E-state index contributed by atoms with van der Waals surface area (Å²) in [4.78, 5) is 5.46. The van der Waals surface area contributed by atoms with Gasteiger partial charge in [0, 0.05) is 19.0 Å². The van der Waals surface area contributed by atoms with E-state index in [4.69, 9.17) is 0 Å². The van der Waals surface area contributed by atoms with Gasteiger partial charge in [-0.3, -0.25) is 4.99 Å². The van der Waals surface area contributed by atoms with Gasteiger partial charge in [0.25, 0.3) is 0 Å². The zero-order valence-electron chi connectivity index (χ0n) is 11.8. The summed E-state index contributed by atoms with van der Waals surface area (Å²) in [6, 6.07) is 4.14. The minimum Gasteiger partial charge on any atom is -0.352 e. The lowest BCUT2D eigenvalue weighted by molar-refractivity contribution is 0.718. The molecule has 0 aliphatic rings. The Morgan fingerprint density at radius 1 is 1.35 bits per heavy atom. The van der Waals surface area contributed by atoms with Gasteiger partial charge in [0.05, 0.1) is 13.1 Å². The van der Waals surface area contributed by atoms with Crippen LogP contribution in [0, 0.1) is 6.92 Å². The number of halogens is 1. The van der Waals surface area contributed by atoms with E-state index in [1.54, 1.807) is 18.4 Å². The molecule has 0 atom stereocenters. The molecule has 0 aromatic carbocycles. The number of rotatable bonds is 4. The van der Waals surface area contributed by atoms with Crippen molar-refractivity contribution in [2.45, 2.75) is 20.0 Å². The van der Waals surface area contributed by atoms with Gasteiger partial charge in [-0.15, -0.1) is 45.5 Å². The zero-order chi connectivity index (χ0) is 13.7. The lowest BCUT2D eigenvalue weighted by atomic mass is 10.4. The van der Waals surface area contributed by atoms with Crippen molar-refractivity contribution < 1.29 is 0 Å². The van der Waals surface area contributed by atoms with Gasteiger partial charge in [-0.2, -0.15) is 0 Å². The van der Waals surface area contributed by atoms with E-state index < -0.39 is 0 Å². The highest BCUT2D eigenvalue weighted by Gasteiger charge is 2.05. The molecule has 0 spiro atoms. The average molecular weight is 406 g/mol. The first-order valence-electron chi connectivity index (χ1n) is 6.02. The Labute approximate surface area is 139 Å². The van der Waals surface area contributed by atoms with Crippen LogP contribution in [0.15, 0.2) is 22.5 Å². The van der Waals surface area contributed by atoms with Gasteiger partial charge in [-0.1, -0.05) is 6.07 Å². The lowest BCUT2D eigenvalue weighted by Crippen LogP contribution is -2.36. The second kappa shape index (κ2) is 8.20. The average Bonchev–Trinajstić information content (AvgIpc) is 3.03. The van der Waals surface area contributed by atoms with Crippen LogP contribution in [0.1, 0.15) is 16.5 Å². The molecule has 2 heterocycles. The van der Waals surface area contributed by atoms with Crippen molar-refractivity contribution in [3.8, 4) is 0 Å². The molecule has 0 fully saturated rings. The van der Waals surface area contributed by atoms with Crippen LogP contribution in [0.25, 0.3) is 0 Å². The van der Waals surface area contributed by atoms with Crippen LogP contribution in [-0.2, 0) is 20.1 Å². The molecule has 8 heteroatoms. The van der Waals surface area contributed by atoms with Crippen LogP contribution >= 0.6 is 35.3 Å². The maximum atomic E-state index is 4.18. The first-order chi connectivity index (χ1) is 9.20. The van der Waals surface area contributed by atoms with Crippen LogP contribution in [0.5, 0.6) is 0 Å². The Kier molecular flexibility index (Phi) is 6.93. The van der Waals surface area contributed by atoms with Crippen molar-refractivity contribution in [2.24, 2.45) is 12.0 Å². The summed E-state index contributed by atoms with van der Waals surface area (Å²) in [6.07, 6.45) is 0. The minimum absolute atomic E-state index is 0. The third-order valence-corrected chi connectivity index (χ3v) is 3.71. The molecule has 0 unspecified atom stereocenters. The first kappa shape index (κ1) is 16.9. The molecule has 0 saturated heterocycles. The normalized spacial score (nSPS) is 11.1. The van der Waals surface area contributed by atoms with Crippen molar-refractivity contribution in [3.63, 3.8) is 0 Å². The van der Waals surface area contributed by atoms with Crippen molar-refractivity contribution in [2.75, 3.05) is 7.05 Å². The summed E-state index contributed by atoms with van der Waals surface area (Å²) in [5.41, 5.74) is 0. The van der Waals surface area contributed by atoms with Crippen molar-refractivity contribution >= 4 is 41.3 Å². The highest BCUT2D eigenvalue weighted by Crippen LogP contribution is 2.07. The van der Waals surface area contributed by atoms with Crippen LogP contribution in [0.2, 0.25) is 0 Å². The van der Waals surface area contributed by atoms with Crippen molar-refractivity contribution in [3.05, 3.63) is 34.0 Å². The highest BCUT2D eigenvalue weighted by molar-refractivity contribution is 14.0. The van der Waals surface area contributed by atoms with E-state index in [0.717, 1.165) is 24.2 Å². The Morgan fingerprint density at radius 3 is 2.65 bits per heavy atom. The highest BCUT2D eigenvalue weighted by atomic mass is 127. The van der Waals surface area contributed by atoms with E-state index in [2.05, 4.69) is 37.3 Å². The van der Waals surface area contributed by atoms with Crippen LogP contribution < -0.4 is 10.6 Å². The lowest BCUT2D eigenvalue weighted by Gasteiger charge is -2.10. The third kappa shape index (κ3) is 4.44. The van der Waals surface area contributed by atoms with Gasteiger partial charge >= 0.3 is 0 Å². The van der Waals surface area contributed by atoms with Crippen molar-refractivity contribution in [1.82, 2.24) is 25.4 Å². The molecule has 0 saturated carbocycles. The Morgan fingerprint density at radius 2 is 2.10 bits per heavy atom. The minimum atomic E-state index is 0. The molecule has 2 aromatic heterocycles. The fraction of sp³-hybridized carbons (Fsp3) is 0.417. The fourth-order valence-corrected chi connectivity index (χ4v) is 2.22. The largest absolute Gasteiger partial charge is 0.352 e. The number of nitrogens with one attached hydrogen (secondary N) is 2. The number of guanidine groups is 1. The van der Waals surface area contributed by atoms with E-state index in [1.165, 1.54) is 4.88 Å². The number of hydrogen-bond acceptors (Lipinski definition) is 4. The molecule has 2 rings (SSSR count). The molecule has 6 nitrogen and oxygen atoms in total. The quantitative estimate of drug-likeness (QED) is 0.461. The molecule has 110 valence electrons. The second-order valence-corrected chi connectivity index (χ2v) is 5.11. The molecule has 0 bridgehead atoms. The first-order valence-corrected chi connectivity index (χ1v) is 6.90. The SMILES string of the molecule is CN=C(NCc1cccs1)NCc1nnc(C)n1C.I. The summed E-state index contributed by atoms with van der Waals surface area (Å²) < 4.78 is 1.96. The summed E-state index contributed by atoms with van der Waals surface area (Å²) in [5, 5.41) is 16.7. The van der Waals surface area contributed by atoms with E-state index in [9.17, 15) is 0 Å². The fourth-order valence-electron chi connectivity index (χ4n) is 1.57. The number of thiophene rings is 1. The Bertz CT molecular complexity index is 548. The molecule has 0 radical (unpaired) electrons. The van der Waals surface area contributed by atoms with Gasteiger partial charge < -0.3 is 15.2 Å². The molecule has 0 aliphatic carbocycles. The van der Waals surface area contributed by atoms with Crippen LogP contribution in [0.3, 0.4) is 0 Å².